The minimum Gasteiger partial charge on any atom is -0.508 e. The number of phenols is 1. The Bertz CT molecular complexity index is 891. The Morgan fingerprint density at radius 1 is 1.00 bits per heavy atom. The van der Waals surface area contributed by atoms with Crippen molar-refractivity contribution < 1.29 is 9.84 Å². The summed E-state index contributed by atoms with van der Waals surface area (Å²) < 4.78 is 5.92. The number of likely N-dealkylation sites (tertiary alicyclic amines) is 1. The van der Waals surface area contributed by atoms with Gasteiger partial charge in [0.15, 0.2) is 0 Å². The first-order valence-electron chi connectivity index (χ1n) is 10.0. The van der Waals surface area contributed by atoms with E-state index in [1.54, 1.807) is 12.4 Å². The third-order valence-electron chi connectivity index (χ3n) is 5.54. The Hall–Kier alpha value is -1.37. The molecule has 0 unspecified atom stereocenters. The second kappa shape index (κ2) is 12.0. The van der Waals surface area contributed by atoms with Gasteiger partial charge in [0, 0.05) is 16.6 Å². The molecular formula is C22H27Cl4N3O2. The number of nitrogens with one attached hydrogen (secondary N) is 1. The number of nitrogens with zero attached hydrogens (tertiary/aromatic N) is 2. The number of aliphatic imine (C=N–C) groups is 1. The third-order valence-corrected chi connectivity index (χ3v) is 6.19. The smallest absolute Gasteiger partial charge is 0.120 e. The highest BCUT2D eigenvalue weighted by molar-refractivity contribution is 6.32. The Kier molecular flexibility index (Phi) is 10.0. The summed E-state index contributed by atoms with van der Waals surface area (Å²) in [7, 11) is 0. The molecule has 1 fully saturated rings. The lowest BCUT2D eigenvalue weighted by molar-refractivity contribution is 0.183. The van der Waals surface area contributed by atoms with Crippen LogP contribution in [0.5, 0.6) is 11.5 Å². The SMILES string of the molecule is Cl.Cl.Oc1ccc([C@@H]2NC=N[C@@H]2c2ccc(OCCN3CCCCC3)cc2Cl)c(Cl)c1. The molecule has 2 atom stereocenters. The number of aromatic hydroxyl groups is 1. The molecule has 2 aromatic carbocycles. The maximum atomic E-state index is 9.62. The van der Waals surface area contributed by atoms with Crippen LogP contribution in [0.1, 0.15) is 42.5 Å². The maximum Gasteiger partial charge on any atom is 0.120 e. The maximum absolute atomic E-state index is 9.62. The van der Waals surface area contributed by atoms with Crippen LogP contribution in [0.2, 0.25) is 10.0 Å². The number of halogens is 4. The van der Waals surface area contributed by atoms with Crippen molar-refractivity contribution in [3.05, 3.63) is 57.6 Å². The van der Waals surface area contributed by atoms with E-state index in [4.69, 9.17) is 27.9 Å². The van der Waals surface area contributed by atoms with E-state index in [1.807, 2.05) is 24.3 Å². The van der Waals surface area contributed by atoms with Gasteiger partial charge in [0.1, 0.15) is 24.1 Å². The standard InChI is InChI=1S/C22H25Cl2N3O2.2ClH/c23-19-12-15(28)4-6-17(19)21-22(26-14-25-21)18-7-5-16(13-20(18)24)29-11-10-27-8-2-1-3-9-27;;/h4-7,12-14,21-22,28H,1-3,8-11H2,(H,25,26);2*1H/t21-,22+;;/m0../s1. The van der Waals surface area contributed by atoms with Gasteiger partial charge in [0.05, 0.1) is 12.4 Å². The van der Waals surface area contributed by atoms with Gasteiger partial charge in [-0.3, -0.25) is 9.89 Å². The fourth-order valence-corrected chi connectivity index (χ4v) is 4.56. The van der Waals surface area contributed by atoms with Gasteiger partial charge < -0.3 is 15.2 Å². The average molecular weight is 507 g/mol. The number of hydrogen-bond donors (Lipinski definition) is 2. The molecule has 0 spiro atoms. The molecule has 0 amide bonds. The number of phenolic OH excluding ortho intramolecular Hbond substituents is 1. The van der Waals surface area contributed by atoms with Crippen molar-refractivity contribution in [2.45, 2.75) is 31.3 Å². The van der Waals surface area contributed by atoms with Crippen molar-refractivity contribution in [2.24, 2.45) is 4.99 Å². The molecule has 0 radical (unpaired) electrons. The van der Waals surface area contributed by atoms with Crippen LogP contribution in [0.15, 0.2) is 41.4 Å². The molecule has 2 aliphatic heterocycles. The lowest BCUT2D eigenvalue weighted by Gasteiger charge is -2.26. The van der Waals surface area contributed by atoms with Crippen molar-refractivity contribution in [1.82, 2.24) is 10.2 Å². The van der Waals surface area contributed by atoms with Crippen LogP contribution in [0.25, 0.3) is 0 Å². The minimum atomic E-state index is -0.202. The molecule has 1 saturated heterocycles. The predicted molar refractivity (Wildman–Crippen MR) is 132 cm³/mol. The van der Waals surface area contributed by atoms with Gasteiger partial charge in [0.2, 0.25) is 0 Å². The number of piperidine rings is 1. The second-order valence-electron chi connectivity index (χ2n) is 7.51. The van der Waals surface area contributed by atoms with Crippen LogP contribution in [-0.2, 0) is 0 Å². The summed E-state index contributed by atoms with van der Waals surface area (Å²) in [4.78, 5) is 7.00. The molecule has 2 aromatic rings. The summed E-state index contributed by atoms with van der Waals surface area (Å²) in [6, 6.07) is 10.4. The molecule has 170 valence electrons. The van der Waals surface area contributed by atoms with E-state index >= 15 is 0 Å². The molecule has 0 saturated carbocycles. The van der Waals surface area contributed by atoms with E-state index in [0.29, 0.717) is 16.7 Å². The highest BCUT2D eigenvalue weighted by atomic mass is 35.5. The van der Waals surface area contributed by atoms with Crippen LogP contribution in [0, 0.1) is 0 Å². The first-order chi connectivity index (χ1) is 14.1. The largest absolute Gasteiger partial charge is 0.508 e. The van der Waals surface area contributed by atoms with Crippen LogP contribution >= 0.6 is 48.0 Å². The summed E-state index contributed by atoms with van der Waals surface area (Å²) in [5.74, 6) is 0.906. The van der Waals surface area contributed by atoms with E-state index in [0.717, 1.165) is 36.5 Å². The predicted octanol–water partition coefficient (Wildman–Crippen LogP) is 5.82. The van der Waals surface area contributed by atoms with E-state index in [9.17, 15) is 5.11 Å². The van der Waals surface area contributed by atoms with Gasteiger partial charge in [-0.2, -0.15) is 0 Å². The van der Waals surface area contributed by atoms with Gasteiger partial charge in [-0.05, 0) is 61.3 Å². The summed E-state index contributed by atoms with van der Waals surface area (Å²) in [5.41, 5.74) is 1.77. The number of hydrogen-bond acceptors (Lipinski definition) is 5. The Morgan fingerprint density at radius 3 is 2.42 bits per heavy atom. The lowest BCUT2D eigenvalue weighted by Crippen LogP contribution is -2.33. The van der Waals surface area contributed by atoms with Crippen molar-refractivity contribution in [3.8, 4) is 11.5 Å². The molecule has 9 heteroatoms. The molecule has 0 bridgehead atoms. The summed E-state index contributed by atoms with van der Waals surface area (Å²) in [6.45, 7) is 3.93. The first-order valence-corrected chi connectivity index (χ1v) is 10.8. The Morgan fingerprint density at radius 2 is 1.71 bits per heavy atom. The quantitative estimate of drug-likeness (QED) is 0.518. The molecule has 31 heavy (non-hydrogen) atoms. The zero-order valence-electron chi connectivity index (χ0n) is 17.0. The molecule has 5 nitrogen and oxygen atoms in total. The fourth-order valence-electron chi connectivity index (χ4n) is 3.98. The van der Waals surface area contributed by atoms with E-state index in [1.165, 1.54) is 25.3 Å². The normalized spacial score (nSPS) is 20.5. The van der Waals surface area contributed by atoms with E-state index in [2.05, 4.69) is 15.2 Å². The molecule has 2 heterocycles. The van der Waals surface area contributed by atoms with Crippen molar-refractivity contribution in [1.29, 1.82) is 0 Å². The molecule has 2 N–H and O–H groups in total. The summed E-state index contributed by atoms with van der Waals surface area (Å²) >= 11 is 12.9. The van der Waals surface area contributed by atoms with Gasteiger partial charge in [-0.15, -0.1) is 24.8 Å². The molecule has 4 rings (SSSR count). The van der Waals surface area contributed by atoms with Crippen LogP contribution < -0.4 is 10.1 Å². The molecule has 0 aromatic heterocycles. The summed E-state index contributed by atoms with van der Waals surface area (Å²) in [5, 5.41) is 14.0. The Balaban J connectivity index is 0.00000171. The third kappa shape index (κ3) is 6.33. The van der Waals surface area contributed by atoms with Crippen molar-refractivity contribution in [3.63, 3.8) is 0 Å². The van der Waals surface area contributed by atoms with Crippen molar-refractivity contribution in [2.75, 3.05) is 26.2 Å². The second-order valence-corrected chi connectivity index (χ2v) is 8.32. The molecular weight excluding hydrogens is 480 g/mol. The number of rotatable bonds is 6. The molecule has 0 aliphatic carbocycles. The molecule has 2 aliphatic rings. The van der Waals surface area contributed by atoms with Gasteiger partial charge in [0.25, 0.3) is 0 Å². The highest BCUT2D eigenvalue weighted by Gasteiger charge is 2.30. The fraction of sp³-hybridized carbons (Fsp3) is 0.409. The zero-order chi connectivity index (χ0) is 20.2. The topological polar surface area (TPSA) is 57.1 Å². The average Bonchev–Trinajstić information content (AvgIpc) is 3.18. The number of ether oxygens (including phenoxy) is 1. The van der Waals surface area contributed by atoms with Gasteiger partial charge >= 0.3 is 0 Å². The monoisotopic (exact) mass is 505 g/mol. The van der Waals surface area contributed by atoms with Crippen LogP contribution in [0.3, 0.4) is 0 Å². The highest BCUT2D eigenvalue weighted by Crippen LogP contribution is 2.41. The lowest BCUT2D eigenvalue weighted by atomic mass is 9.94. The Labute approximate surface area is 205 Å². The zero-order valence-corrected chi connectivity index (χ0v) is 20.1. The van der Waals surface area contributed by atoms with E-state index < -0.39 is 0 Å². The van der Waals surface area contributed by atoms with Gasteiger partial charge in [-0.25, -0.2) is 0 Å². The van der Waals surface area contributed by atoms with Crippen molar-refractivity contribution >= 4 is 54.4 Å². The van der Waals surface area contributed by atoms with Crippen LogP contribution in [0.4, 0.5) is 0 Å². The number of benzene rings is 2. The summed E-state index contributed by atoms with van der Waals surface area (Å²) in [6.07, 6.45) is 5.58. The van der Waals surface area contributed by atoms with E-state index in [-0.39, 0.29) is 42.6 Å². The first kappa shape index (κ1) is 25.9. The van der Waals surface area contributed by atoms with Crippen LogP contribution in [-0.4, -0.2) is 42.6 Å². The minimum absolute atomic E-state index is 0. The van der Waals surface area contributed by atoms with Gasteiger partial charge in [-0.1, -0.05) is 41.8 Å².